The highest BCUT2D eigenvalue weighted by Crippen LogP contribution is 2.31. The number of aromatic nitrogens is 8. The SMILES string of the molecule is Cc1ccc(N/N=C/c2cn(-c3ccc(C(=O)O)cc3)nc2-c2ccc(O)cc2)c(F)c1.Cc1ccc(N/N=C/c2cn(-c3ccc(C(=O)O)cc3)nc2-c2ccc(O)cc2)cc1.Cc1ccc(N/N=C/c2cn(-c3ccc(C(=O)O)cc3)nc2-c2ccc(O)cc2)cc1.Cc1ccc(N/N=C/c2cn(-c3ccc(C(=O)O)cc3)nc2-c2ccc(O)cc2)cc1. The van der Waals surface area contributed by atoms with Crippen LogP contribution in [-0.4, -0.2) is 129 Å². The van der Waals surface area contributed by atoms with Gasteiger partial charge in [-0.05, 0) is 276 Å². The third kappa shape index (κ3) is 22.8. The summed E-state index contributed by atoms with van der Waals surface area (Å²) in [6, 6.07) is 81.0. The predicted molar refractivity (Wildman–Crippen MR) is 480 cm³/mol. The minimum atomic E-state index is -1.01. The van der Waals surface area contributed by atoms with Crippen LogP contribution in [0.4, 0.5) is 27.1 Å². The number of benzene rings is 12. The number of phenolic OH excluding ortho intramolecular Hbond substituents is 4. The number of aromatic hydroxyl groups is 4. The molecule has 12 aromatic carbocycles. The lowest BCUT2D eigenvalue weighted by Gasteiger charge is -2.03. The molecule has 0 spiro atoms. The van der Waals surface area contributed by atoms with Crippen molar-refractivity contribution in [1.82, 2.24) is 39.1 Å². The molecule has 16 rings (SSSR count). The number of hydrogen-bond donors (Lipinski definition) is 12. The van der Waals surface area contributed by atoms with Crippen molar-refractivity contribution < 1.29 is 64.4 Å². The summed E-state index contributed by atoms with van der Waals surface area (Å²) in [5, 5.41) is 111. The smallest absolute Gasteiger partial charge is 0.335 e. The van der Waals surface area contributed by atoms with Gasteiger partial charge in [0.1, 0.15) is 51.6 Å². The number of carboxylic acid groups (broad SMARTS) is 4. The highest BCUT2D eigenvalue weighted by atomic mass is 19.1. The first-order valence-corrected chi connectivity index (χ1v) is 38.4. The molecule has 622 valence electrons. The van der Waals surface area contributed by atoms with E-state index >= 15 is 0 Å². The van der Waals surface area contributed by atoms with Crippen molar-refractivity contribution in [2.24, 2.45) is 20.4 Å². The first-order chi connectivity index (χ1) is 60.4. The lowest BCUT2D eigenvalue weighted by atomic mass is 10.1. The Hall–Kier alpha value is -17.6. The van der Waals surface area contributed by atoms with Gasteiger partial charge in [0.2, 0.25) is 0 Å². The summed E-state index contributed by atoms with van der Waals surface area (Å²) in [4.78, 5) is 44.4. The molecule has 0 saturated heterocycles. The van der Waals surface area contributed by atoms with Gasteiger partial charge < -0.3 is 40.9 Å². The van der Waals surface area contributed by atoms with Gasteiger partial charge in [-0.2, -0.15) is 40.8 Å². The molecule has 29 heteroatoms. The van der Waals surface area contributed by atoms with Crippen molar-refractivity contribution in [3.8, 4) is 90.8 Å². The molecule has 0 unspecified atom stereocenters. The molecule has 0 amide bonds. The summed E-state index contributed by atoms with van der Waals surface area (Å²) in [5.74, 6) is -3.72. The van der Waals surface area contributed by atoms with Crippen molar-refractivity contribution >= 4 is 71.5 Å². The maximum atomic E-state index is 14.1. The Labute approximate surface area is 714 Å². The Morgan fingerprint density at radius 1 is 0.288 bits per heavy atom. The van der Waals surface area contributed by atoms with Crippen molar-refractivity contribution in [3.63, 3.8) is 0 Å². The summed E-state index contributed by atoms with van der Waals surface area (Å²) in [7, 11) is 0. The van der Waals surface area contributed by atoms with Crippen molar-refractivity contribution in [2.75, 3.05) is 21.7 Å². The van der Waals surface area contributed by atoms with E-state index in [1.54, 1.807) is 208 Å². The number of nitrogens with zero attached hydrogens (tertiary/aromatic N) is 12. The van der Waals surface area contributed by atoms with Gasteiger partial charge in [-0.1, -0.05) is 59.2 Å². The Balaban J connectivity index is 0.000000143. The molecule has 4 heterocycles. The molecule has 0 fully saturated rings. The molecule has 0 atom stereocenters. The standard InChI is InChI=1S/C24H19FN4O3.3C24H20N4O3/c1-15-2-11-22(21(25)12-15)27-26-13-18-14-29(19-7-3-17(4-8-19)24(31)32)28-23(18)16-5-9-20(30)10-6-16;3*1-16-2-8-20(9-3-16)26-25-14-19-15-28(21-10-4-18(5-11-21)24(30)31)27-23(19)17-6-12-22(29)13-7-17/h2-14,27,30H,1H3,(H,31,32);3*2-15,26,29H,1H3,(H,30,31)/b26-13+;3*25-14+. The third-order valence-corrected chi connectivity index (χ3v) is 18.9. The largest absolute Gasteiger partial charge is 0.508 e. The average Bonchev–Trinajstić information content (AvgIpc) is 1.68. The second-order valence-corrected chi connectivity index (χ2v) is 28.2. The number of hydrazone groups is 4. The van der Waals surface area contributed by atoms with Crippen LogP contribution >= 0.6 is 0 Å². The molecule has 0 saturated carbocycles. The van der Waals surface area contributed by atoms with E-state index in [1.807, 2.05) is 112 Å². The Morgan fingerprint density at radius 2 is 0.504 bits per heavy atom. The van der Waals surface area contributed by atoms with Crippen molar-refractivity contribution in [3.05, 3.63) is 382 Å². The van der Waals surface area contributed by atoms with Gasteiger partial charge >= 0.3 is 23.9 Å². The van der Waals surface area contributed by atoms with E-state index in [4.69, 9.17) is 20.4 Å². The highest BCUT2D eigenvalue weighted by Gasteiger charge is 2.19. The zero-order valence-corrected chi connectivity index (χ0v) is 67.2. The van der Waals surface area contributed by atoms with Gasteiger partial charge in [-0.3, -0.25) is 21.7 Å². The zero-order valence-electron chi connectivity index (χ0n) is 67.2. The second-order valence-electron chi connectivity index (χ2n) is 28.2. The Kier molecular flexibility index (Phi) is 27.1. The lowest BCUT2D eigenvalue weighted by Crippen LogP contribution is -1.98. The van der Waals surface area contributed by atoms with Crippen LogP contribution in [0.25, 0.3) is 67.8 Å². The van der Waals surface area contributed by atoms with Crippen LogP contribution < -0.4 is 21.7 Å². The molecule has 0 aliphatic carbocycles. The molecule has 0 aliphatic heterocycles. The van der Waals surface area contributed by atoms with Crippen LogP contribution in [0.5, 0.6) is 23.0 Å². The molecule has 0 bridgehead atoms. The molecule has 0 aliphatic rings. The van der Waals surface area contributed by atoms with Crippen LogP contribution in [0.1, 0.15) is 85.9 Å². The maximum Gasteiger partial charge on any atom is 0.335 e. The number of carbonyl (C=O) groups is 4. The third-order valence-electron chi connectivity index (χ3n) is 18.9. The average molecular weight is 1670 g/mol. The molecule has 28 nitrogen and oxygen atoms in total. The number of carboxylic acids is 4. The van der Waals surface area contributed by atoms with Crippen molar-refractivity contribution in [2.45, 2.75) is 27.7 Å². The van der Waals surface area contributed by atoms with Gasteiger partial charge in [-0.15, -0.1) is 0 Å². The number of rotatable bonds is 24. The van der Waals surface area contributed by atoms with Gasteiger partial charge in [-0.25, -0.2) is 42.3 Å². The maximum absolute atomic E-state index is 14.1. The number of phenols is 4. The van der Waals surface area contributed by atoms with E-state index in [-0.39, 0.29) is 50.9 Å². The molecule has 125 heavy (non-hydrogen) atoms. The number of aryl methyl sites for hydroxylation is 4. The van der Waals surface area contributed by atoms with Gasteiger partial charge in [0.05, 0.1) is 92.6 Å². The van der Waals surface area contributed by atoms with Crippen LogP contribution in [0, 0.1) is 33.5 Å². The summed E-state index contributed by atoms with van der Waals surface area (Å²) < 4.78 is 20.7. The van der Waals surface area contributed by atoms with E-state index in [0.29, 0.717) is 34.0 Å². The number of halogens is 1. The van der Waals surface area contributed by atoms with E-state index in [0.717, 1.165) is 78.6 Å². The first-order valence-electron chi connectivity index (χ1n) is 38.4. The molecule has 0 radical (unpaired) electrons. The Morgan fingerprint density at radius 3 is 0.720 bits per heavy atom. The fourth-order valence-corrected chi connectivity index (χ4v) is 12.2. The second kappa shape index (κ2) is 39.7. The minimum absolute atomic E-state index is 0.129. The number of aromatic carboxylic acids is 4. The fourth-order valence-electron chi connectivity index (χ4n) is 12.2. The zero-order chi connectivity index (χ0) is 88.0. The molecular weight excluding hydrogens is 1590 g/mol. The summed E-state index contributed by atoms with van der Waals surface area (Å²) in [5.41, 5.74) is 31.2. The summed E-state index contributed by atoms with van der Waals surface area (Å²) >= 11 is 0. The molecular formula is C96H79FN16O12. The normalized spacial score (nSPS) is 11.0. The van der Waals surface area contributed by atoms with E-state index in [9.17, 15) is 44.0 Å². The molecule has 12 N–H and O–H groups in total. The van der Waals surface area contributed by atoms with Crippen LogP contribution in [0.2, 0.25) is 0 Å². The number of nitrogens with one attached hydrogen (secondary N) is 4. The quantitative estimate of drug-likeness (QED) is 0.0197. The fraction of sp³-hybridized carbons (Fsp3) is 0.0417. The highest BCUT2D eigenvalue weighted by molar-refractivity contribution is 5.94. The van der Waals surface area contributed by atoms with Gasteiger partial charge in [0, 0.05) is 69.3 Å². The van der Waals surface area contributed by atoms with Crippen LogP contribution in [0.15, 0.2) is 330 Å². The van der Waals surface area contributed by atoms with E-state index in [2.05, 4.69) is 62.5 Å². The van der Waals surface area contributed by atoms with Crippen LogP contribution in [0.3, 0.4) is 0 Å². The first kappa shape index (κ1) is 85.3. The Bertz CT molecular complexity index is 6100. The predicted octanol–water partition coefficient (Wildman–Crippen LogP) is 18.9. The minimum Gasteiger partial charge on any atom is -0.508 e. The number of anilines is 4. The van der Waals surface area contributed by atoms with E-state index in [1.165, 1.54) is 77.5 Å². The monoisotopic (exact) mass is 1670 g/mol. The lowest BCUT2D eigenvalue weighted by molar-refractivity contribution is 0.0686. The number of hydrogen-bond acceptors (Lipinski definition) is 20. The van der Waals surface area contributed by atoms with Gasteiger partial charge in [0.25, 0.3) is 0 Å². The summed E-state index contributed by atoms with van der Waals surface area (Å²) in [6.45, 7) is 7.87. The summed E-state index contributed by atoms with van der Waals surface area (Å²) in [6.07, 6.45) is 13.7. The van der Waals surface area contributed by atoms with Crippen LogP contribution in [-0.2, 0) is 0 Å². The topological polar surface area (TPSA) is 399 Å². The van der Waals surface area contributed by atoms with Crippen molar-refractivity contribution in [1.29, 1.82) is 0 Å². The molecule has 16 aromatic rings. The van der Waals surface area contributed by atoms with E-state index < -0.39 is 29.7 Å². The molecule has 4 aromatic heterocycles. The van der Waals surface area contributed by atoms with Gasteiger partial charge in [0.15, 0.2) is 0 Å².